The molecule has 4 amide bonds. The van der Waals surface area contributed by atoms with Gasteiger partial charge in [-0.15, -0.1) is 0 Å². The van der Waals surface area contributed by atoms with Crippen molar-refractivity contribution in [1.29, 1.82) is 0 Å². The second-order valence-corrected chi connectivity index (χ2v) is 37.1. The van der Waals surface area contributed by atoms with Crippen LogP contribution in [0.3, 0.4) is 0 Å². The molecule has 6 N–H and O–H groups in total. The molecule has 1 aliphatic rings. The van der Waals surface area contributed by atoms with Crippen LogP contribution in [0.25, 0.3) is 0 Å². The maximum Gasteiger partial charge on any atom is 0.311 e. The number of likely N-dealkylation sites (tertiary alicyclic amines) is 1. The number of primary amides is 1. The fraction of sp³-hybridized carbons (Fsp3) is 0.929. The Kier molecular flexibility index (Phi) is 49.7. The normalized spacial score (nSPS) is 13.6. The number of hydrogen-bond donors (Lipinski definition) is 5. The Morgan fingerprint density at radius 1 is 0.581 bits per heavy atom. The third-order valence-electron chi connectivity index (χ3n) is 14.9. The first-order valence-electron chi connectivity index (χ1n) is 31.5. The van der Waals surface area contributed by atoms with E-state index in [1.807, 2.05) is 136 Å². The van der Waals surface area contributed by atoms with Gasteiger partial charge < -0.3 is 40.9 Å². The topological polar surface area (TPSA) is 234 Å². The summed E-state index contributed by atoms with van der Waals surface area (Å²) in [6.45, 7) is 70.5. The minimum absolute atomic E-state index is 0.0116. The molecule has 1 rings (SSSR count). The number of rotatable bonds is 11. The van der Waals surface area contributed by atoms with Gasteiger partial charge in [-0.3, -0.25) is 24.0 Å². The lowest BCUT2D eigenvalue weighted by atomic mass is 9.69. The maximum atomic E-state index is 11.6. The molecule has 0 unspecified atom stereocenters. The molecule has 1 saturated heterocycles. The van der Waals surface area contributed by atoms with Crippen LogP contribution in [0.5, 0.6) is 0 Å². The van der Waals surface area contributed by atoms with E-state index >= 15 is 0 Å². The van der Waals surface area contributed by atoms with Crippen molar-refractivity contribution in [2.75, 3.05) is 73.2 Å². The first kappa shape index (κ1) is 99.4. The average molecular weight is 1260 g/mol. The monoisotopic (exact) mass is 1260 g/mol. The van der Waals surface area contributed by atoms with Crippen molar-refractivity contribution < 1.29 is 52.4 Å². The van der Waals surface area contributed by atoms with E-state index in [0.717, 1.165) is 31.8 Å². The molecule has 1 aliphatic heterocycles. The van der Waals surface area contributed by atoms with Crippen molar-refractivity contribution in [3.05, 3.63) is 0 Å². The molecule has 16 heteroatoms. The first-order chi connectivity index (χ1) is 37.5. The SMILES string of the molecule is CC(C)(C)C(C)(C)C(N)=O.CC(C)(C)C(CO)CO.CC(C)(C)CC(=O)N1CCCC1.CC(C)(C)CCCO.CC(C)(C)CS(C)(=O)=O.CC[C@@H](C)C(C)(C)C.CN(C)C(=O)CC(C)(C)C.CNC(=O)CC(C)(C)C.COC(=O)C(C)(C)C(C)(C)C. The minimum Gasteiger partial charge on any atom is -0.469 e. The summed E-state index contributed by atoms with van der Waals surface area (Å²) in [5.74, 6) is 1.39. The Morgan fingerprint density at radius 2 is 0.942 bits per heavy atom. The number of aliphatic hydroxyl groups excluding tert-OH is 3. The number of sulfone groups is 1. The lowest BCUT2D eigenvalue weighted by Crippen LogP contribution is -2.42. The maximum absolute atomic E-state index is 11.6. The predicted octanol–water partition coefficient (Wildman–Crippen LogP) is 15.1. The van der Waals surface area contributed by atoms with E-state index in [9.17, 15) is 32.4 Å². The van der Waals surface area contributed by atoms with Crippen LogP contribution in [0.4, 0.5) is 0 Å². The fourth-order valence-electron chi connectivity index (χ4n) is 6.26. The molecule has 0 saturated carbocycles. The van der Waals surface area contributed by atoms with Gasteiger partial charge in [-0.25, -0.2) is 8.42 Å². The van der Waals surface area contributed by atoms with E-state index in [4.69, 9.17) is 25.8 Å². The zero-order chi connectivity index (χ0) is 71.5. The average Bonchev–Trinajstić information content (AvgIpc) is 3.81. The Morgan fingerprint density at radius 3 is 1.05 bits per heavy atom. The number of carbonyl (C=O) groups is 5. The van der Waals surface area contributed by atoms with Gasteiger partial charge in [0, 0.05) is 90.9 Å². The van der Waals surface area contributed by atoms with Crippen LogP contribution in [0.15, 0.2) is 0 Å². The van der Waals surface area contributed by atoms with Crippen LogP contribution in [-0.2, 0) is 38.5 Å². The molecule has 1 atom stereocenters. The minimum atomic E-state index is -2.78. The summed E-state index contributed by atoms with van der Waals surface area (Å²) in [5.41, 5.74) is 5.44. The number of nitrogens with two attached hydrogens (primary N) is 1. The highest BCUT2D eigenvalue weighted by Gasteiger charge is 2.41. The predicted molar refractivity (Wildman–Crippen MR) is 369 cm³/mol. The number of nitrogens with zero attached hydrogens (tertiary/aromatic N) is 2. The van der Waals surface area contributed by atoms with Gasteiger partial charge in [0.05, 0.1) is 18.3 Å². The molecule has 0 aromatic carbocycles. The summed E-state index contributed by atoms with van der Waals surface area (Å²) >= 11 is 0. The fourth-order valence-corrected chi connectivity index (χ4v) is 7.83. The van der Waals surface area contributed by atoms with Gasteiger partial charge in [0.1, 0.15) is 9.84 Å². The van der Waals surface area contributed by atoms with Gasteiger partial charge in [0.2, 0.25) is 23.6 Å². The van der Waals surface area contributed by atoms with Crippen molar-refractivity contribution in [3.8, 4) is 0 Å². The van der Waals surface area contributed by atoms with Crippen LogP contribution < -0.4 is 11.1 Å². The molecular formula is C70H150N4O11S. The molecule has 1 fully saturated rings. The number of aliphatic hydroxyl groups is 3. The molecule has 0 aromatic rings. The number of ether oxygens (including phenoxy) is 1. The third kappa shape index (κ3) is 64.2. The third-order valence-corrected chi connectivity index (χ3v) is 16.3. The van der Waals surface area contributed by atoms with Crippen molar-refractivity contribution >= 4 is 39.4 Å². The van der Waals surface area contributed by atoms with E-state index in [-0.39, 0.29) is 86.5 Å². The van der Waals surface area contributed by atoms with Gasteiger partial charge in [0.15, 0.2) is 0 Å². The molecule has 0 aromatic heterocycles. The summed E-state index contributed by atoms with van der Waals surface area (Å²) in [5, 5.41) is 28.4. The Labute approximate surface area is 534 Å². The van der Waals surface area contributed by atoms with Gasteiger partial charge in [-0.05, 0) is 94.2 Å². The van der Waals surface area contributed by atoms with Crippen LogP contribution in [0, 0.1) is 71.4 Å². The van der Waals surface area contributed by atoms with Crippen molar-refractivity contribution in [1.82, 2.24) is 15.1 Å². The van der Waals surface area contributed by atoms with Crippen molar-refractivity contribution in [2.24, 2.45) is 77.1 Å². The summed E-state index contributed by atoms with van der Waals surface area (Å²) in [4.78, 5) is 59.2. The van der Waals surface area contributed by atoms with E-state index in [2.05, 4.69) is 102 Å². The summed E-state index contributed by atoms with van der Waals surface area (Å²) < 4.78 is 26.0. The molecule has 522 valence electrons. The van der Waals surface area contributed by atoms with Gasteiger partial charge in [-0.2, -0.15) is 0 Å². The highest BCUT2D eigenvalue weighted by Crippen LogP contribution is 2.39. The first-order valence-corrected chi connectivity index (χ1v) is 33.6. The van der Waals surface area contributed by atoms with E-state index < -0.39 is 20.7 Å². The molecule has 15 nitrogen and oxygen atoms in total. The van der Waals surface area contributed by atoms with E-state index in [0.29, 0.717) is 42.6 Å². The number of carbonyl (C=O) groups excluding carboxylic acids is 5. The van der Waals surface area contributed by atoms with E-state index in [1.54, 1.807) is 26.0 Å². The van der Waals surface area contributed by atoms with Crippen LogP contribution >= 0.6 is 0 Å². The molecule has 0 aliphatic carbocycles. The van der Waals surface area contributed by atoms with Gasteiger partial charge in [0.25, 0.3) is 0 Å². The highest BCUT2D eigenvalue weighted by atomic mass is 32.2. The lowest BCUT2D eigenvalue weighted by molar-refractivity contribution is -0.157. The largest absolute Gasteiger partial charge is 0.469 e. The molecule has 86 heavy (non-hydrogen) atoms. The molecule has 1 heterocycles. The Balaban J connectivity index is -0.000000133. The van der Waals surface area contributed by atoms with Crippen molar-refractivity contribution in [2.45, 2.75) is 280 Å². The molecule has 0 spiro atoms. The smallest absolute Gasteiger partial charge is 0.311 e. The summed E-state index contributed by atoms with van der Waals surface area (Å²) in [7, 11) is 3.88. The lowest BCUT2D eigenvalue weighted by Gasteiger charge is -2.35. The number of esters is 1. The molecule has 0 bridgehead atoms. The zero-order valence-corrected chi connectivity index (χ0v) is 64.9. The Bertz CT molecular complexity index is 1900. The quantitative estimate of drug-likeness (QED) is 0.122. The number of amides is 4. The zero-order valence-electron chi connectivity index (χ0n) is 64.0. The van der Waals surface area contributed by atoms with Crippen LogP contribution in [0.2, 0.25) is 0 Å². The highest BCUT2D eigenvalue weighted by molar-refractivity contribution is 7.90. The Hall–Kier alpha value is -2.82. The summed E-state index contributed by atoms with van der Waals surface area (Å²) in [6, 6.07) is 0. The molecule has 0 radical (unpaired) electrons. The van der Waals surface area contributed by atoms with Crippen LogP contribution in [0.1, 0.15) is 280 Å². The second-order valence-electron chi connectivity index (χ2n) is 35.0. The second kappa shape index (κ2) is 43.0. The van der Waals surface area contributed by atoms with Gasteiger partial charge in [-0.1, -0.05) is 221 Å². The number of hydrogen-bond acceptors (Lipinski definition) is 11. The van der Waals surface area contributed by atoms with Crippen LogP contribution in [-0.4, -0.2) is 136 Å². The standard InChI is InChI=1S/C10H19NO.C9H18O2.2C8H17NO.C8H18.C7H15NO.C7H16O2.C7H16O.C6H14O2S/c1-10(2,3)8-9(12)11-6-4-5-7-11;1-8(2,3)9(4,5)7(10)11-6;1-8(2,3)6-7(10)9(4)5;1-7(2,3)8(4,5)6(9)10;1-6-7(2)8(3,4)5;1-7(2,3)5-6(9)8-4;1-7(2,3)6(4-8)5-9;1-7(2,3)5-4-6-8;1-6(2,3)5-9(4,7)8/h4-8H2,1-3H3;1-6H3;6H2,1-5H3;1-5H3,(H2,9,10);7H,6H2,1-5H3;5H2,1-4H3,(H,8,9);6,8-9H,4-5H2,1-3H3;8H,4-6H2,1-3H3;5H2,1-4H3/t;;;;7-;;;;/m....1..../s1. The molecular weight excluding hydrogens is 1100 g/mol. The summed E-state index contributed by atoms with van der Waals surface area (Å²) in [6.07, 6.45) is 8.90. The van der Waals surface area contributed by atoms with E-state index in [1.165, 1.54) is 32.6 Å². The number of methoxy groups -OCH3 is 1. The van der Waals surface area contributed by atoms with Gasteiger partial charge >= 0.3 is 5.97 Å². The number of nitrogens with one attached hydrogen (secondary N) is 1. The van der Waals surface area contributed by atoms with Crippen molar-refractivity contribution in [3.63, 3.8) is 0 Å².